The van der Waals surface area contributed by atoms with Gasteiger partial charge >= 0.3 is 0 Å². The molecular weight excluding hydrogens is 390 g/mol. The number of rotatable bonds is 8. The summed E-state index contributed by atoms with van der Waals surface area (Å²) in [5.74, 6) is 0.311. The van der Waals surface area contributed by atoms with Crippen LogP contribution in [0.5, 0.6) is 0 Å². The van der Waals surface area contributed by atoms with Crippen LogP contribution in [0.2, 0.25) is 0 Å². The molecule has 0 radical (unpaired) electrons. The zero-order valence-electron chi connectivity index (χ0n) is 16.5. The topological polar surface area (TPSA) is 97.4 Å². The molecule has 1 aromatic carbocycles. The Balaban J connectivity index is 1.49. The summed E-state index contributed by atoms with van der Waals surface area (Å²) in [4.78, 5) is 16.2. The molecule has 0 bridgehead atoms. The number of anilines is 1. The smallest absolute Gasteiger partial charge is 0.261 e. The largest absolute Gasteiger partial charge is 0.376 e. The number of ether oxygens (including phenoxy) is 1. The fraction of sp³-hybridized carbons (Fsp3) is 0.429. The van der Waals surface area contributed by atoms with Crippen molar-refractivity contribution in [3.63, 3.8) is 0 Å². The standard InChI is InChI=1S/C21H27N3O4S/c1-16-4-2-3-5-20(16)28-15-14-23-21(25)17-6-8-19(9-7-17)29(26,27)24-18-10-12-22-13-11-18/h6-13,16,20H,2-5,14-15H2,1H3,(H,22,24)(H,23,25)/t16-,20+/m1/s1. The lowest BCUT2D eigenvalue weighted by atomic mass is 9.88. The van der Waals surface area contributed by atoms with E-state index in [-0.39, 0.29) is 16.9 Å². The molecule has 0 unspecified atom stereocenters. The highest BCUT2D eigenvalue weighted by Crippen LogP contribution is 2.26. The van der Waals surface area contributed by atoms with Crippen LogP contribution in [0.25, 0.3) is 0 Å². The van der Waals surface area contributed by atoms with Gasteiger partial charge in [0.1, 0.15) is 0 Å². The van der Waals surface area contributed by atoms with Gasteiger partial charge in [0.05, 0.1) is 23.3 Å². The van der Waals surface area contributed by atoms with E-state index >= 15 is 0 Å². The van der Waals surface area contributed by atoms with Gasteiger partial charge < -0.3 is 10.1 Å². The van der Waals surface area contributed by atoms with E-state index in [2.05, 4.69) is 21.9 Å². The minimum Gasteiger partial charge on any atom is -0.376 e. The molecule has 0 saturated heterocycles. The van der Waals surface area contributed by atoms with E-state index in [1.54, 1.807) is 12.1 Å². The van der Waals surface area contributed by atoms with Crippen LogP contribution in [-0.4, -0.2) is 38.6 Å². The summed E-state index contributed by atoms with van der Waals surface area (Å²) in [6, 6.07) is 8.96. The first-order chi connectivity index (χ1) is 14.0. The van der Waals surface area contributed by atoms with Crippen LogP contribution in [-0.2, 0) is 14.8 Å². The molecule has 7 nitrogen and oxygen atoms in total. The van der Waals surface area contributed by atoms with Gasteiger partial charge in [-0.2, -0.15) is 0 Å². The van der Waals surface area contributed by atoms with E-state index in [1.807, 2.05) is 0 Å². The summed E-state index contributed by atoms with van der Waals surface area (Å²) in [5, 5.41) is 2.82. The highest BCUT2D eigenvalue weighted by atomic mass is 32.2. The number of nitrogens with zero attached hydrogens (tertiary/aromatic N) is 1. The molecule has 2 atom stereocenters. The van der Waals surface area contributed by atoms with Crippen LogP contribution in [0.1, 0.15) is 43.0 Å². The van der Waals surface area contributed by atoms with E-state index in [9.17, 15) is 13.2 Å². The van der Waals surface area contributed by atoms with Crippen molar-refractivity contribution in [1.82, 2.24) is 10.3 Å². The van der Waals surface area contributed by atoms with Crippen molar-refractivity contribution in [3.8, 4) is 0 Å². The molecule has 1 aliphatic carbocycles. The minimum absolute atomic E-state index is 0.0838. The SMILES string of the molecule is C[C@@H]1CCCC[C@@H]1OCCNC(=O)c1ccc(S(=O)(=O)Nc2ccncc2)cc1. The van der Waals surface area contributed by atoms with Crippen LogP contribution >= 0.6 is 0 Å². The molecule has 8 heteroatoms. The van der Waals surface area contributed by atoms with Crippen molar-refractivity contribution >= 4 is 21.6 Å². The molecule has 1 saturated carbocycles. The summed E-state index contributed by atoms with van der Waals surface area (Å²) >= 11 is 0. The molecule has 1 aliphatic rings. The van der Waals surface area contributed by atoms with Gasteiger partial charge in [-0.15, -0.1) is 0 Å². The molecule has 2 aromatic rings. The van der Waals surface area contributed by atoms with Crippen molar-refractivity contribution in [3.05, 3.63) is 54.4 Å². The molecule has 3 rings (SSSR count). The van der Waals surface area contributed by atoms with Gasteiger partial charge in [-0.3, -0.25) is 14.5 Å². The van der Waals surface area contributed by atoms with Gasteiger partial charge in [-0.25, -0.2) is 8.42 Å². The third-order valence-electron chi connectivity index (χ3n) is 5.11. The lowest BCUT2D eigenvalue weighted by Gasteiger charge is -2.28. The number of hydrogen-bond donors (Lipinski definition) is 2. The van der Waals surface area contributed by atoms with Crippen LogP contribution in [0.3, 0.4) is 0 Å². The maximum absolute atomic E-state index is 12.4. The van der Waals surface area contributed by atoms with Gasteiger partial charge in [0.25, 0.3) is 15.9 Å². The Bertz CT molecular complexity index is 901. The summed E-state index contributed by atoms with van der Waals surface area (Å²) in [7, 11) is -3.72. The van der Waals surface area contributed by atoms with Crippen molar-refractivity contribution in [2.75, 3.05) is 17.9 Å². The number of pyridine rings is 1. The molecule has 2 N–H and O–H groups in total. The Morgan fingerprint density at radius 3 is 2.48 bits per heavy atom. The third kappa shape index (κ3) is 6.01. The number of carbonyl (C=O) groups excluding carboxylic acids is 1. The second-order valence-electron chi connectivity index (χ2n) is 7.29. The normalized spacial score (nSPS) is 19.5. The number of amides is 1. The van der Waals surface area contributed by atoms with Crippen molar-refractivity contribution in [2.24, 2.45) is 5.92 Å². The Morgan fingerprint density at radius 1 is 1.10 bits per heavy atom. The van der Waals surface area contributed by atoms with E-state index in [4.69, 9.17) is 4.74 Å². The summed E-state index contributed by atoms with van der Waals surface area (Å²) in [5.41, 5.74) is 0.827. The van der Waals surface area contributed by atoms with E-state index in [1.165, 1.54) is 55.9 Å². The molecule has 1 heterocycles. The summed E-state index contributed by atoms with van der Waals surface area (Å²) in [6.45, 7) is 3.11. The summed E-state index contributed by atoms with van der Waals surface area (Å²) in [6.07, 6.45) is 8.03. The minimum atomic E-state index is -3.72. The second kappa shape index (κ2) is 9.84. The molecule has 1 fully saturated rings. The monoisotopic (exact) mass is 417 g/mol. The van der Waals surface area contributed by atoms with Crippen LogP contribution in [0, 0.1) is 5.92 Å². The number of carbonyl (C=O) groups is 1. The Kier molecular flexibility index (Phi) is 7.22. The lowest BCUT2D eigenvalue weighted by molar-refractivity contribution is -0.00293. The van der Waals surface area contributed by atoms with Crippen LogP contribution in [0.4, 0.5) is 5.69 Å². The van der Waals surface area contributed by atoms with Gasteiger partial charge in [-0.1, -0.05) is 19.8 Å². The van der Waals surface area contributed by atoms with E-state index < -0.39 is 10.0 Å². The van der Waals surface area contributed by atoms with Crippen molar-refractivity contribution in [2.45, 2.75) is 43.6 Å². The fourth-order valence-corrected chi connectivity index (χ4v) is 4.48. The predicted molar refractivity (Wildman–Crippen MR) is 111 cm³/mol. The molecule has 156 valence electrons. The van der Waals surface area contributed by atoms with Crippen molar-refractivity contribution < 1.29 is 17.9 Å². The first kappa shape index (κ1) is 21.3. The first-order valence-electron chi connectivity index (χ1n) is 9.88. The van der Waals surface area contributed by atoms with E-state index in [0.717, 1.165) is 6.42 Å². The van der Waals surface area contributed by atoms with Gasteiger partial charge in [0.15, 0.2) is 0 Å². The van der Waals surface area contributed by atoms with E-state index in [0.29, 0.717) is 30.3 Å². The molecule has 0 spiro atoms. The third-order valence-corrected chi connectivity index (χ3v) is 6.51. The predicted octanol–water partition coefficient (Wildman–Crippen LogP) is 3.21. The fourth-order valence-electron chi connectivity index (χ4n) is 3.43. The molecule has 0 aliphatic heterocycles. The molecule has 1 amide bonds. The average molecular weight is 418 g/mol. The Labute approximate surface area is 171 Å². The first-order valence-corrected chi connectivity index (χ1v) is 11.4. The molecular formula is C21H27N3O4S. The lowest BCUT2D eigenvalue weighted by Crippen LogP contribution is -2.31. The summed E-state index contributed by atoms with van der Waals surface area (Å²) < 4.78 is 33.2. The molecule has 1 aromatic heterocycles. The van der Waals surface area contributed by atoms with Crippen LogP contribution in [0.15, 0.2) is 53.7 Å². The average Bonchev–Trinajstić information content (AvgIpc) is 2.73. The number of nitrogens with one attached hydrogen (secondary N) is 2. The van der Waals surface area contributed by atoms with Gasteiger partial charge in [0, 0.05) is 24.5 Å². The second-order valence-corrected chi connectivity index (χ2v) is 8.98. The van der Waals surface area contributed by atoms with Crippen LogP contribution < -0.4 is 10.0 Å². The quantitative estimate of drug-likeness (QED) is 0.643. The number of aromatic nitrogens is 1. The van der Waals surface area contributed by atoms with Gasteiger partial charge in [0.2, 0.25) is 0 Å². The zero-order chi connectivity index (χ0) is 20.7. The highest BCUT2D eigenvalue weighted by molar-refractivity contribution is 7.92. The zero-order valence-corrected chi connectivity index (χ0v) is 17.3. The van der Waals surface area contributed by atoms with Crippen molar-refractivity contribution in [1.29, 1.82) is 0 Å². The Morgan fingerprint density at radius 2 is 1.79 bits per heavy atom. The van der Waals surface area contributed by atoms with Gasteiger partial charge in [-0.05, 0) is 55.2 Å². The maximum Gasteiger partial charge on any atom is 0.261 e. The Hall–Kier alpha value is -2.45. The number of hydrogen-bond acceptors (Lipinski definition) is 5. The molecule has 29 heavy (non-hydrogen) atoms. The number of sulfonamides is 1. The number of benzene rings is 1. The highest BCUT2D eigenvalue weighted by Gasteiger charge is 2.21. The maximum atomic E-state index is 12.4.